The maximum absolute atomic E-state index is 11.9. The van der Waals surface area contributed by atoms with Crippen LogP contribution in [-0.4, -0.2) is 30.5 Å². The van der Waals surface area contributed by atoms with E-state index in [4.69, 9.17) is 5.26 Å². The average Bonchev–Trinajstić information content (AvgIpc) is 2.74. The molecule has 0 atom stereocenters. The third-order valence-corrected chi connectivity index (χ3v) is 6.65. The summed E-state index contributed by atoms with van der Waals surface area (Å²) in [5.41, 5.74) is 6.83. The number of pyridine rings is 1. The van der Waals surface area contributed by atoms with Crippen LogP contribution in [0.2, 0.25) is 0 Å². The third-order valence-electron chi connectivity index (χ3n) is 5.41. The minimum atomic E-state index is -3.21. The van der Waals surface area contributed by atoms with Crippen LogP contribution in [-0.2, 0) is 23.0 Å². The van der Waals surface area contributed by atoms with Crippen LogP contribution in [0.1, 0.15) is 22.3 Å². The first kappa shape index (κ1) is 20.1. The molecule has 1 aromatic heterocycles. The zero-order valence-electron chi connectivity index (χ0n) is 16.9. The largest absolute Gasteiger partial charge is 0.340 e. The number of fused-ring (bicyclic) bond motifs is 1. The van der Waals surface area contributed by atoms with Gasteiger partial charge in [-0.1, -0.05) is 18.2 Å². The summed E-state index contributed by atoms with van der Waals surface area (Å²) in [5, 5.41) is 12.4. The second-order valence-corrected chi connectivity index (χ2v) is 9.47. The van der Waals surface area contributed by atoms with Crippen molar-refractivity contribution >= 4 is 21.5 Å². The first-order chi connectivity index (χ1) is 14.3. The van der Waals surface area contributed by atoms with Gasteiger partial charge in [-0.3, -0.25) is 0 Å². The van der Waals surface area contributed by atoms with Crippen molar-refractivity contribution in [3.05, 3.63) is 77.0 Å². The molecule has 152 valence electrons. The number of aromatic nitrogens is 1. The third kappa shape index (κ3) is 4.06. The molecule has 0 unspecified atom stereocenters. The fourth-order valence-electron chi connectivity index (χ4n) is 3.73. The standard InChI is InChI=1S/C23H22N4O2S/c1-16-3-8-20(13-22(16)18-6-4-17(14-24)5-7-18)26-23-21-10-12-27(30(2,28)29)15-19(21)9-11-25-23/h3-9,11,13H,10,12,15H2,1-2H3,(H,25,26). The molecule has 2 heterocycles. The zero-order chi connectivity index (χ0) is 21.3. The lowest BCUT2D eigenvalue weighted by molar-refractivity contribution is 0.395. The van der Waals surface area contributed by atoms with Crippen molar-refractivity contribution in [1.29, 1.82) is 5.26 Å². The number of sulfonamides is 1. The highest BCUT2D eigenvalue weighted by Crippen LogP contribution is 2.31. The molecule has 1 N–H and O–H groups in total. The smallest absolute Gasteiger partial charge is 0.211 e. The molecule has 7 heteroatoms. The molecule has 0 fully saturated rings. The Morgan fingerprint density at radius 3 is 2.60 bits per heavy atom. The number of aryl methyl sites for hydroxylation is 1. The Morgan fingerprint density at radius 1 is 1.13 bits per heavy atom. The second-order valence-electron chi connectivity index (χ2n) is 7.49. The van der Waals surface area contributed by atoms with Crippen molar-refractivity contribution in [2.24, 2.45) is 0 Å². The van der Waals surface area contributed by atoms with Gasteiger partial charge in [0, 0.05) is 30.5 Å². The van der Waals surface area contributed by atoms with Crippen molar-refractivity contribution in [3.63, 3.8) is 0 Å². The van der Waals surface area contributed by atoms with Crippen LogP contribution in [0.25, 0.3) is 11.1 Å². The predicted molar refractivity (Wildman–Crippen MR) is 118 cm³/mol. The van der Waals surface area contributed by atoms with Crippen LogP contribution in [0.5, 0.6) is 0 Å². The molecule has 6 nitrogen and oxygen atoms in total. The number of hydrogen-bond acceptors (Lipinski definition) is 5. The van der Waals surface area contributed by atoms with Gasteiger partial charge in [-0.2, -0.15) is 9.57 Å². The van der Waals surface area contributed by atoms with Crippen LogP contribution < -0.4 is 5.32 Å². The topological polar surface area (TPSA) is 86.1 Å². The highest BCUT2D eigenvalue weighted by molar-refractivity contribution is 7.88. The summed E-state index contributed by atoms with van der Waals surface area (Å²) in [7, 11) is -3.21. The lowest BCUT2D eigenvalue weighted by Gasteiger charge is -2.28. The molecule has 2 aromatic carbocycles. The highest BCUT2D eigenvalue weighted by Gasteiger charge is 2.25. The Bertz CT molecular complexity index is 1250. The number of anilines is 2. The molecule has 30 heavy (non-hydrogen) atoms. The van der Waals surface area contributed by atoms with Gasteiger partial charge in [0.15, 0.2) is 0 Å². The molecular formula is C23H22N4O2S. The number of nitrogens with one attached hydrogen (secondary N) is 1. The SMILES string of the molecule is Cc1ccc(Nc2nccc3c2CCN(S(C)(=O)=O)C3)cc1-c1ccc(C#N)cc1. The number of nitrogens with zero attached hydrogens (tertiary/aromatic N) is 3. The Hall–Kier alpha value is -3.21. The van der Waals surface area contributed by atoms with Crippen LogP contribution in [0, 0.1) is 18.3 Å². The van der Waals surface area contributed by atoms with Crippen molar-refractivity contribution in [3.8, 4) is 17.2 Å². The van der Waals surface area contributed by atoms with Gasteiger partial charge in [0.2, 0.25) is 10.0 Å². The van der Waals surface area contributed by atoms with E-state index in [1.165, 1.54) is 10.6 Å². The number of hydrogen-bond donors (Lipinski definition) is 1. The monoisotopic (exact) mass is 418 g/mol. The molecule has 0 saturated heterocycles. The van der Waals surface area contributed by atoms with Crippen LogP contribution in [0.15, 0.2) is 54.7 Å². The van der Waals surface area contributed by atoms with Crippen LogP contribution in [0.3, 0.4) is 0 Å². The normalized spacial score (nSPS) is 14.0. The highest BCUT2D eigenvalue weighted by atomic mass is 32.2. The first-order valence-electron chi connectivity index (χ1n) is 9.65. The van der Waals surface area contributed by atoms with Gasteiger partial charge >= 0.3 is 0 Å². The van der Waals surface area contributed by atoms with E-state index in [0.29, 0.717) is 25.1 Å². The fourth-order valence-corrected chi connectivity index (χ4v) is 4.52. The van der Waals surface area contributed by atoms with E-state index in [1.807, 2.05) is 36.4 Å². The van der Waals surface area contributed by atoms with Crippen molar-refractivity contribution < 1.29 is 8.42 Å². The summed E-state index contributed by atoms with van der Waals surface area (Å²) in [6, 6.07) is 17.7. The van der Waals surface area contributed by atoms with E-state index in [0.717, 1.165) is 39.3 Å². The van der Waals surface area contributed by atoms with Gasteiger partial charge in [-0.25, -0.2) is 13.4 Å². The number of benzene rings is 2. The quantitative estimate of drug-likeness (QED) is 0.692. The first-order valence-corrected chi connectivity index (χ1v) is 11.5. The average molecular weight is 419 g/mol. The van der Waals surface area contributed by atoms with Gasteiger partial charge in [0.25, 0.3) is 0 Å². The fraction of sp³-hybridized carbons (Fsp3) is 0.217. The summed E-state index contributed by atoms with van der Waals surface area (Å²) >= 11 is 0. The van der Waals surface area contributed by atoms with Gasteiger partial charge in [-0.05, 0) is 65.9 Å². The summed E-state index contributed by atoms with van der Waals surface area (Å²) in [4.78, 5) is 4.51. The molecule has 1 aliphatic rings. The molecule has 0 aliphatic carbocycles. The van der Waals surface area contributed by atoms with E-state index in [2.05, 4.69) is 35.4 Å². The Labute approximate surface area is 176 Å². The molecule has 0 bridgehead atoms. The van der Waals surface area contributed by atoms with Crippen molar-refractivity contribution in [1.82, 2.24) is 9.29 Å². The van der Waals surface area contributed by atoms with E-state index in [-0.39, 0.29) is 0 Å². The van der Waals surface area contributed by atoms with E-state index in [9.17, 15) is 8.42 Å². The van der Waals surface area contributed by atoms with Gasteiger partial charge < -0.3 is 5.32 Å². The Morgan fingerprint density at radius 2 is 1.90 bits per heavy atom. The van der Waals surface area contributed by atoms with E-state index < -0.39 is 10.0 Å². The van der Waals surface area contributed by atoms with E-state index in [1.54, 1.807) is 6.20 Å². The number of rotatable bonds is 4. The Balaban J connectivity index is 1.64. The van der Waals surface area contributed by atoms with Gasteiger partial charge in [-0.15, -0.1) is 0 Å². The lowest BCUT2D eigenvalue weighted by atomic mass is 9.98. The Kier molecular flexibility index (Phi) is 5.29. The zero-order valence-corrected chi connectivity index (χ0v) is 17.7. The lowest BCUT2D eigenvalue weighted by Crippen LogP contribution is -2.35. The van der Waals surface area contributed by atoms with Crippen molar-refractivity contribution in [2.45, 2.75) is 19.9 Å². The maximum Gasteiger partial charge on any atom is 0.211 e. The van der Waals surface area contributed by atoms with Crippen LogP contribution >= 0.6 is 0 Å². The summed E-state index contributed by atoms with van der Waals surface area (Å²) in [6.45, 7) is 2.88. The molecule has 4 rings (SSSR count). The van der Waals surface area contributed by atoms with E-state index >= 15 is 0 Å². The van der Waals surface area contributed by atoms with Gasteiger partial charge in [0.05, 0.1) is 17.9 Å². The molecule has 0 amide bonds. The molecule has 0 spiro atoms. The summed E-state index contributed by atoms with van der Waals surface area (Å²) in [6.07, 6.45) is 3.57. The van der Waals surface area contributed by atoms with Crippen LogP contribution in [0.4, 0.5) is 11.5 Å². The maximum atomic E-state index is 11.9. The molecule has 1 aliphatic heterocycles. The van der Waals surface area contributed by atoms with Gasteiger partial charge in [0.1, 0.15) is 5.82 Å². The molecule has 3 aromatic rings. The second kappa shape index (κ2) is 7.90. The number of nitriles is 1. The minimum absolute atomic E-state index is 0.371. The minimum Gasteiger partial charge on any atom is -0.340 e. The molecule has 0 radical (unpaired) electrons. The summed E-state index contributed by atoms with van der Waals surface area (Å²) < 4.78 is 25.3. The predicted octanol–water partition coefficient (Wildman–Crippen LogP) is 3.99. The summed E-state index contributed by atoms with van der Waals surface area (Å²) in [5.74, 6) is 0.760. The van der Waals surface area contributed by atoms with Crippen molar-refractivity contribution in [2.75, 3.05) is 18.1 Å². The molecule has 0 saturated carbocycles. The molecular weight excluding hydrogens is 396 g/mol.